The van der Waals surface area contributed by atoms with Crippen LogP contribution in [0.2, 0.25) is 0 Å². The number of aryl methyl sites for hydroxylation is 3. The number of nitrogens with zero attached hydrogens (tertiary/aromatic N) is 6. The van der Waals surface area contributed by atoms with Crippen LogP contribution >= 0.6 is 0 Å². The minimum Gasteiger partial charge on any atom is -0.379 e. The molecular formula is C23H28N6O. The van der Waals surface area contributed by atoms with Gasteiger partial charge in [-0.3, -0.25) is 4.90 Å². The average molecular weight is 405 g/mol. The van der Waals surface area contributed by atoms with Gasteiger partial charge in [0.25, 0.3) is 0 Å². The van der Waals surface area contributed by atoms with Gasteiger partial charge in [0.2, 0.25) is 0 Å². The normalized spacial score (nSPS) is 15.4. The van der Waals surface area contributed by atoms with E-state index in [1.165, 1.54) is 16.8 Å². The average Bonchev–Trinajstić information content (AvgIpc) is 3.30. The summed E-state index contributed by atoms with van der Waals surface area (Å²) in [7, 11) is 0. The number of hydrogen-bond donors (Lipinski definition) is 0. The third-order valence-electron chi connectivity index (χ3n) is 6.22. The molecule has 4 aromatic rings. The van der Waals surface area contributed by atoms with Crippen molar-refractivity contribution in [3.63, 3.8) is 0 Å². The fourth-order valence-corrected chi connectivity index (χ4v) is 4.31. The topological polar surface area (TPSA) is 60.5 Å². The molecular weight excluding hydrogens is 376 g/mol. The third-order valence-corrected chi connectivity index (χ3v) is 6.22. The van der Waals surface area contributed by atoms with E-state index >= 15 is 0 Å². The standard InChI is InChI=1S/C23H28N6O/c1-16-5-7-19(8-6-16)21-25-23-20-17(2)18(3)28(22(20)24-15-29(23)26-21)10-4-9-27-11-13-30-14-12-27/h5-8,15H,4,9-14H2,1-3H3. The zero-order chi connectivity index (χ0) is 20.7. The summed E-state index contributed by atoms with van der Waals surface area (Å²) in [5.41, 5.74) is 6.62. The van der Waals surface area contributed by atoms with Gasteiger partial charge < -0.3 is 9.30 Å². The first-order chi connectivity index (χ1) is 14.6. The molecule has 0 bridgehead atoms. The van der Waals surface area contributed by atoms with E-state index in [-0.39, 0.29) is 0 Å². The van der Waals surface area contributed by atoms with Crippen molar-refractivity contribution >= 4 is 16.7 Å². The van der Waals surface area contributed by atoms with E-state index < -0.39 is 0 Å². The lowest BCUT2D eigenvalue weighted by molar-refractivity contribution is 0.0369. The number of fused-ring (bicyclic) bond motifs is 3. The van der Waals surface area contributed by atoms with Crippen LogP contribution in [-0.2, 0) is 11.3 Å². The van der Waals surface area contributed by atoms with Crippen molar-refractivity contribution < 1.29 is 4.74 Å². The molecule has 7 nitrogen and oxygen atoms in total. The summed E-state index contributed by atoms with van der Waals surface area (Å²) in [4.78, 5) is 12.1. The largest absolute Gasteiger partial charge is 0.379 e. The molecule has 0 radical (unpaired) electrons. The Hall–Kier alpha value is -2.77. The highest BCUT2D eigenvalue weighted by Crippen LogP contribution is 2.28. The second-order valence-electron chi connectivity index (χ2n) is 8.18. The van der Waals surface area contributed by atoms with Crippen LogP contribution in [0.5, 0.6) is 0 Å². The Morgan fingerprint density at radius 2 is 1.73 bits per heavy atom. The van der Waals surface area contributed by atoms with Crippen molar-refractivity contribution in [3.8, 4) is 11.4 Å². The highest BCUT2D eigenvalue weighted by molar-refractivity contribution is 5.94. The molecule has 0 amide bonds. The van der Waals surface area contributed by atoms with Gasteiger partial charge in [-0.2, -0.15) is 0 Å². The minimum atomic E-state index is 0.737. The molecule has 0 unspecified atom stereocenters. The van der Waals surface area contributed by atoms with Crippen molar-refractivity contribution in [2.75, 3.05) is 32.8 Å². The first kappa shape index (κ1) is 19.2. The van der Waals surface area contributed by atoms with E-state index in [0.29, 0.717) is 0 Å². The SMILES string of the molecule is Cc1ccc(-c2nc3c4c(C)c(C)n(CCCN5CCOCC5)c4ncn3n2)cc1. The predicted octanol–water partition coefficient (Wildman–Crippen LogP) is 3.39. The molecule has 1 aliphatic heterocycles. The lowest BCUT2D eigenvalue weighted by atomic mass is 10.1. The van der Waals surface area contributed by atoms with Crippen LogP contribution < -0.4 is 0 Å². The summed E-state index contributed by atoms with van der Waals surface area (Å²) >= 11 is 0. The molecule has 156 valence electrons. The molecule has 0 aliphatic carbocycles. The zero-order valence-electron chi connectivity index (χ0n) is 17.9. The molecule has 0 spiro atoms. The van der Waals surface area contributed by atoms with E-state index in [4.69, 9.17) is 14.7 Å². The van der Waals surface area contributed by atoms with Gasteiger partial charge in [-0.05, 0) is 32.8 Å². The molecule has 0 atom stereocenters. The zero-order valence-corrected chi connectivity index (χ0v) is 17.9. The van der Waals surface area contributed by atoms with Crippen LogP contribution in [0.3, 0.4) is 0 Å². The lowest BCUT2D eigenvalue weighted by Crippen LogP contribution is -2.37. The maximum Gasteiger partial charge on any atom is 0.182 e. The van der Waals surface area contributed by atoms with Crippen LogP contribution in [0.25, 0.3) is 28.1 Å². The predicted molar refractivity (Wildman–Crippen MR) is 118 cm³/mol. The first-order valence-corrected chi connectivity index (χ1v) is 10.7. The van der Waals surface area contributed by atoms with Crippen molar-refractivity contribution in [3.05, 3.63) is 47.4 Å². The Morgan fingerprint density at radius 1 is 0.967 bits per heavy atom. The van der Waals surface area contributed by atoms with Gasteiger partial charge in [-0.1, -0.05) is 29.8 Å². The fraction of sp³-hybridized carbons (Fsp3) is 0.435. The maximum absolute atomic E-state index is 5.45. The summed E-state index contributed by atoms with van der Waals surface area (Å²) in [6, 6.07) is 8.33. The summed E-state index contributed by atoms with van der Waals surface area (Å²) in [5.74, 6) is 0.737. The van der Waals surface area contributed by atoms with Gasteiger partial charge in [0.1, 0.15) is 12.0 Å². The minimum absolute atomic E-state index is 0.737. The molecule has 1 aromatic carbocycles. The summed E-state index contributed by atoms with van der Waals surface area (Å²) in [6.45, 7) is 12.2. The quantitative estimate of drug-likeness (QED) is 0.510. The Labute approximate surface area is 176 Å². The second-order valence-corrected chi connectivity index (χ2v) is 8.18. The molecule has 1 fully saturated rings. The molecule has 0 saturated carbocycles. The van der Waals surface area contributed by atoms with E-state index in [1.807, 2.05) is 4.52 Å². The molecule has 4 heterocycles. The van der Waals surface area contributed by atoms with Gasteiger partial charge in [0, 0.05) is 37.4 Å². The maximum atomic E-state index is 5.45. The van der Waals surface area contributed by atoms with Crippen molar-refractivity contribution in [1.82, 2.24) is 29.0 Å². The lowest BCUT2D eigenvalue weighted by Gasteiger charge is -2.26. The fourth-order valence-electron chi connectivity index (χ4n) is 4.31. The van der Waals surface area contributed by atoms with Gasteiger partial charge in [0.05, 0.1) is 18.6 Å². The molecule has 5 rings (SSSR count). The number of hydrogen-bond acceptors (Lipinski definition) is 5. The third kappa shape index (κ3) is 3.38. The van der Waals surface area contributed by atoms with Crippen LogP contribution in [0.4, 0.5) is 0 Å². The van der Waals surface area contributed by atoms with Crippen LogP contribution in [0.1, 0.15) is 23.2 Å². The van der Waals surface area contributed by atoms with E-state index in [2.05, 4.69) is 59.6 Å². The summed E-state index contributed by atoms with van der Waals surface area (Å²) in [5, 5.41) is 5.79. The molecule has 30 heavy (non-hydrogen) atoms. The Balaban J connectivity index is 1.48. The first-order valence-electron chi connectivity index (χ1n) is 10.7. The number of aromatic nitrogens is 5. The van der Waals surface area contributed by atoms with Gasteiger partial charge >= 0.3 is 0 Å². The summed E-state index contributed by atoms with van der Waals surface area (Å²) < 4.78 is 9.60. The summed E-state index contributed by atoms with van der Waals surface area (Å²) in [6.07, 6.45) is 2.89. The van der Waals surface area contributed by atoms with Crippen LogP contribution in [0, 0.1) is 20.8 Å². The molecule has 3 aromatic heterocycles. The van der Waals surface area contributed by atoms with E-state index in [9.17, 15) is 0 Å². The number of ether oxygens (including phenoxy) is 1. The van der Waals surface area contributed by atoms with E-state index in [0.717, 1.165) is 73.9 Å². The van der Waals surface area contributed by atoms with Crippen LogP contribution in [-0.4, -0.2) is 61.9 Å². The smallest absolute Gasteiger partial charge is 0.182 e. The highest BCUT2D eigenvalue weighted by atomic mass is 16.5. The van der Waals surface area contributed by atoms with Gasteiger partial charge in [-0.15, -0.1) is 5.10 Å². The Morgan fingerprint density at radius 3 is 2.50 bits per heavy atom. The van der Waals surface area contributed by atoms with Crippen LogP contribution in [0.15, 0.2) is 30.6 Å². The van der Waals surface area contributed by atoms with Gasteiger partial charge in [-0.25, -0.2) is 14.5 Å². The molecule has 1 aliphatic rings. The highest BCUT2D eigenvalue weighted by Gasteiger charge is 2.18. The second kappa shape index (κ2) is 7.81. The number of rotatable bonds is 5. The molecule has 7 heteroatoms. The molecule has 1 saturated heterocycles. The number of morpholine rings is 1. The Kier molecular flexibility index (Phi) is 5.00. The monoisotopic (exact) mass is 404 g/mol. The Bertz CT molecular complexity index is 1180. The molecule has 0 N–H and O–H groups in total. The van der Waals surface area contributed by atoms with E-state index in [1.54, 1.807) is 6.33 Å². The van der Waals surface area contributed by atoms with Crippen molar-refractivity contribution in [1.29, 1.82) is 0 Å². The number of benzene rings is 1. The van der Waals surface area contributed by atoms with Gasteiger partial charge in [0.15, 0.2) is 11.5 Å². The van der Waals surface area contributed by atoms with Crippen molar-refractivity contribution in [2.24, 2.45) is 0 Å². The van der Waals surface area contributed by atoms with Crippen molar-refractivity contribution in [2.45, 2.75) is 33.7 Å².